The van der Waals surface area contributed by atoms with E-state index in [2.05, 4.69) is 21.2 Å². The number of hydrogen-bond acceptors (Lipinski definition) is 4. The number of alkyl halides is 1. The smallest absolute Gasteiger partial charge is 0.373 e. The van der Waals surface area contributed by atoms with Crippen LogP contribution >= 0.6 is 15.9 Å². The van der Waals surface area contributed by atoms with Gasteiger partial charge in [0.2, 0.25) is 0 Å². The molecule has 0 amide bonds. The molecule has 0 atom stereocenters. The Kier molecular flexibility index (Phi) is 7.57. The third-order valence-corrected chi connectivity index (χ3v) is 2.22. The molecule has 0 saturated carbocycles. The van der Waals surface area contributed by atoms with Crippen LogP contribution in [0.3, 0.4) is 0 Å². The standard InChI is InChI=1S/C9H13BN2O4.CH3Br/c1-10(16)11-5-6-3-4-7(9(14)15)8(13)12(6)2;1-2/h3-4,11,16H,5H2,1-2H3,(H,14,15);1H3. The van der Waals surface area contributed by atoms with Gasteiger partial charge >= 0.3 is 13.0 Å². The fourth-order valence-corrected chi connectivity index (χ4v) is 1.27. The first-order chi connectivity index (χ1) is 8.43. The van der Waals surface area contributed by atoms with Crippen molar-refractivity contribution >= 4 is 28.9 Å². The number of pyridine rings is 1. The van der Waals surface area contributed by atoms with Crippen molar-refractivity contribution in [3.63, 3.8) is 0 Å². The second-order valence-electron chi connectivity index (χ2n) is 3.46. The maximum absolute atomic E-state index is 11.6. The Labute approximate surface area is 114 Å². The van der Waals surface area contributed by atoms with Crippen LogP contribution in [0.4, 0.5) is 0 Å². The van der Waals surface area contributed by atoms with Crippen LogP contribution in [0.25, 0.3) is 0 Å². The molecular weight excluding hydrogens is 303 g/mol. The van der Waals surface area contributed by atoms with Crippen molar-refractivity contribution in [2.45, 2.75) is 13.4 Å². The van der Waals surface area contributed by atoms with Crippen molar-refractivity contribution in [1.82, 2.24) is 9.79 Å². The van der Waals surface area contributed by atoms with Gasteiger partial charge in [0.1, 0.15) is 5.56 Å². The van der Waals surface area contributed by atoms with E-state index in [1.807, 2.05) is 5.83 Å². The highest BCUT2D eigenvalue weighted by Crippen LogP contribution is 1.98. The van der Waals surface area contributed by atoms with E-state index in [9.17, 15) is 9.59 Å². The number of hydrogen-bond donors (Lipinski definition) is 3. The molecule has 1 aromatic heterocycles. The van der Waals surface area contributed by atoms with Crippen LogP contribution in [0.2, 0.25) is 6.82 Å². The fraction of sp³-hybridized carbons (Fsp3) is 0.400. The minimum atomic E-state index is -1.24. The highest BCUT2D eigenvalue weighted by atomic mass is 79.9. The van der Waals surface area contributed by atoms with Gasteiger partial charge in [0.15, 0.2) is 0 Å². The lowest BCUT2D eigenvalue weighted by atomic mass is 9.89. The Morgan fingerprint density at radius 2 is 2.06 bits per heavy atom. The summed E-state index contributed by atoms with van der Waals surface area (Å²) in [6.45, 7) is 1.85. The van der Waals surface area contributed by atoms with Gasteiger partial charge in [-0.25, -0.2) is 4.79 Å². The second-order valence-corrected chi connectivity index (χ2v) is 3.46. The Morgan fingerprint density at radius 1 is 1.50 bits per heavy atom. The minimum absolute atomic E-state index is 0.261. The number of aromatic carboxylic acids is 1. The zero-order valence-corrected chi connectivity index (χ0v) is 12.1. The van der Waals surface area contributed by atoms with Crippen molar-refractivity contribution < 1.29 is 14.9 Å². The van der Waals surface area contributed by atoms with E-state index in [0.717, 1.165) is 0 Å². The van der Waals surface area contributed by atoms with E-state index in [0.29, 0.717) is 12.2 Å². The van der Waals surface area contributed by atoms with Gasteiger partial charge in [-0.3, -0.25) is 4.79 Å². The number of carboxylic acid groups (broad SMARTS) is 1. The minimum Gasteiger partial charge on any atom is -0.477 e. The normalized spacial score (nSPS) is 9.39. The number of nitrogens with one attached hydrogen (secondary N) is 1. The van der Waals surface area contributed by atoms with Crippen LogP contribution in [-0.4, -0.2) is 33.6 Å². The zero-order valence-electron chi connectivity index (χ0n) is 10.5. The molecule has 8 heteroatoms. The summed E-state index contributed by atoms with van der Waals surface area (Å²) < 4.78 is 1.25. The molecule has 0 aliphatic heterocycles. The average molecular weight is 319 g/mol. The van der Waals surface area contributed by atoms with Gasteiger partial charge in [-0.2, -0.15) is 0 Å². The van der Waals surface area contributed by atoms with Gasteiger partial charge < -0.3 is 19.9 Å². The summed E-state index contributed by atoms with van der Waals surface area (Å²) in [5.74, 6) is 0.572. The highest BCUT2D eigenvalue weighted by Gasteiger charge is 2.12. The molecule has 0 bridgehead atoms. The van der Waals surface area contributed by atoms with Gasteiger partial charge in [0.05, 0.1) is 0 Å². The molecular formula is C10H16BBrN2O4. The number of rotatable bonds is 4. The zero-order chi connectivity index (χ0) is 14.3. The molecule has 1 rings (SSSR count). The molecule has 18 heavy (non-hydrogen) atoms. The van der Waals surface area contributed by atoms with E-state index in [1.165, 1.54) is 17.7 Å². The first-order valence-corrected chi connectivity index (χ1v) is 6.73. The number of nitrogens with zero attached hydrogens (tertiary/aromatic N) is 1. The molecule has 0 spiro atoms. The topological polar surface area (TPSA) is 91.6 Å². The van der Waals surface area contributed by atoms with Gasteiger partial charge in [-0.05, 0) is 24.8 Å². The van der Waals surface area contributed by atoms with E-state index >= 15 is 0 Å². The van der Waals surface area contributed by atoms with Crippen molar-refractivity contribution in [2.24, 2.45) is 7.05 Å². The predicted octanol–water partition coefficient (Wildman–Crippen LogP) is 0.294. The molecule has 0 unspecified atom stereocenters. The molecule has 0 fully saturated rings. The van der Waals surface area contributed by atoms with Crippen LogP contribution in [0, 0.1) is 0 Å². The largest absolute Gasteiger partial charge is 0.477 e. The molecule has 100 valence electrons. The second kappa shape index (κ2) is 8.07. The lowest BCUT2D eigenvalue weighted by Gasteiger charge is -2.10. The van der Waals surface area contributed by atoms with E-state index in [1.54, 1.807) is 12.9 Å². The Hall–Kier alpha value is -1.12. The maximum atomic E-state index is 11.6. The fourth-order valence-electron chi connectivity index (χ4n) is 1.27. The summed E-state index contributed by atoms with van der Waals surface area (Å²) in [7, 11) is 0.808. The number of halogens is 1. The van der Waals surface area contributed by atoms with Crippen molar-refractivity contribution in [1.29, 1.82) is 0 Å². The van der Waals surface area contributed by atoms with Crippen LogP contribution in [0.15, 0.2) is 16.9 Å². The molecule has 3 N–H and O–H groups in total. The summed E-state index contributed by atoms with van der Waals surface area (Å²) in [5.41, 5.74) is -0.211. The summed E-state index contributed by atoms with van der Waals surface area (Å²) in [6, 6.07) is 2.81. The number of carboxylic acids is 1. The third kappa shape index (κ3) is 4.63. The third-order valence-electron chi connectivity index (χ3n) is 2.22. The maximum Gasteiger partial charge on any atom is 0.373 e. The van der Waals surface area contributed by atoms with Gasteiger partial charge in [0.25, 0.3) is 5.56 Å². The Bertz CT molecular complexity index is 462. The first kappa shape index (κ1) is 16.9. The molecule has 0 aromatic carbocycles. The van der Waals surface area contributed by atoms with Crippen LogP contribution in [0.5, 0.6) is 0 Å². The Balaban J connectivity index is 0.00000137. The van der Waals surface area contributed by atoms with Crippen LogP contribution in [0.1, 0.15) is 16.1 Å². The first-order valence-electron chi connectivity index (χ1n) is 5.15. The molecule has 0 aliphatic rings. The SMILES string of the molecule is CB(O)NCc1ccc(C(=O)O)c(=O)n1C.CBr. The van der Waals surface area contributed by atoms with Crippen LogP contribution < -0.4 is 10.8 Å². The molecule has 0 aliphatic carbocycles. The quantitative estimate of drug-likeness (QED) is 0.548. The number of aromatic nitrogens is 1. The van der Waals surface area contributed by atoms with Gasteiger partial charge in [0, 0.05) is 19.3 Å². The summed E-state index contributed by atoms with van der Waals surface area (Å²) in [4.78, 5) is 22.2. The molecule has 0 radical (unpaired) electrons. The highest BCUT2D eigenvalue weighted by molar-refractivity contribution is 9.08. The Morgan fingerprint density at radius 3 is 2.50 bits per heavy atom. The van der Waals surface area contributed by atoms with E-state index < -0.39 is 18.6 Å². The lowest BCUT2D eigenvalue weighted by Crippen LogP contribution is -2.33. The predicted molar refractivity (Wildman–Crippen MR) is 74.2 cm³/mol. The molecule has 6 nitrogen and oxygen atoms in total. The summed E-state index contributed by atoms with van der Waals surface area (Å²) >= 11 is 2.94. The van der Waals surface area contributed by atoms with E-state index in [-0.39, 0.29) is 5.56 Å². The van der Waals surface area contributed by atoms with Crippen molar-refractivity contribution in [3.8, 4) is 0 Å². The molecule has 1 aromatic rings. The average Bonchev–Trinajstić information content (AvgIpc) is 2.33. The summed E-state index contributed by atoms with van der Waals surface area (Å²) in [5, 5.41) is 20.5. The van der Waals surface area contributed by atoms with Crippen molar-refractivity contribution in [2.75, 3.05) is 5.83 Å². The van der Waals surface area contributed by atoms with Crippen molar-refractivity contribution in [3.05, 3.63) is 33.7 Å². The number of carbonyl (C=O) groups is 1. The summed E-state index contributed by atoms with van der Waals surface area (Å²) in [6.07, 6.45) is 0. The lowest BCUT2D eigenvalue weighted by molar-refractivity contribution is 0.0694. The van der Waals surface area contributed by atoms with Gasteiger partial charge in [-0.15, -0.1) is 0 Å². The molecule has 0 saturated heterocycles. The van der Waals surface area contributed by atoms with E-state index in [4.69, 9.17) is 10.1 Å². The monoisotopic (exact) mass is 318 g/mol. The van der Waals surface area contributed by atoms with Crippen LogP contribution in [-0.2, 0) is 13.6 Å². The van der Waals surface area contributed by atoms with Gasteiger partial charge in [-0.1, -0.05) is 15.9 Å². The molecule has 1 heterocycles.